The molecule has 1 aromatic rings. The van der Waals surface area contributed by atoms with E-state index < -0.39 is 6.10 Å². The van der Waals surface area contributed by atoms with Crippen molar-refractivity contribution < 1.29 is 9.84 Å². The topological polar surface area (TPSA) is 81.5 Å². The van der Waals surface area contributed by atoms with Gasteiger partial charge in [-0.05, 0) is 19.0 Å². The van der Waals surface area contributed by atoms with Gasteiger partial charge in [-0.2, -0.15) is 0 Å². The summed E-state index contributed by atoms with van der Waals surface area (Å²) in [6.07, 6.45) is -0.0813. The average molecular weight is 196 g/mol. The zero-order valence-corrected chi connectivity index (χ0v) is 8.23. The lowest BCUT2D eigenvalue weighted by atomic mass is 10.0. The fourth-order valence-corrected chi connectivity index (χ4v) is 1.30. The standard InChI is InChI=1S/C10H16N2O2/c1-14-7-2-3-8(9(12)6-7)10(13)4-5-11/h2-3,6,10,13H,4-5,11-12H2,1H3. The number of benzene rings is 1. The smallest absolute Gasteiger partial charge is 0.120 e. The fraction of sp³-hybridized carbons (Fsp3) is 0.400. The summed E-state index contributed by atoms with van der Waals surface area (Å²) in [4.78, 5) is 0. The van der Waals surface area contributed by atoms with E-state index in [-0.39, 0.29) is 0 Å². The monoisotopic (exact) mass is 196 g/mol. The van der Waals surface area contributed by atoms with E-state index in [9.17, 15) is 5.11 Å². The first-order valence-electron chi connectivity index (χ1n) is 4.50. The summed E-state index contributed by atoms with van der Waals surface area (Å²) in [6, 6.07) is 5.22. The predicted octanol–water partition coefficient (Wildman–Crippen LogP) is 0.660. The van der Waals surface area contributed by atoms with Crippen molar-refractivity contribution in [3.05, 3.63) is 23.8 Å². The number of ether oxygens (including phenoxy) is 1. The molecule has 0 radical (unpaired) electrons. The van der Waals surface area contributed by atoms with Crippen molar-refractivity contribution in [2.75, 3.05) is 19.4 Å². The number of hydrogen-bond donors (Lipinski definition) is 3. The second kappa shape index (κ2) is 4.83. The molecule has 0 spiro atoms. The quantitative estimate of drug-likeness (QED) is 0.618. The Morgan fingerprint density at radius 3 is 2.71 bits per heavy atom. The van der Waals surface area contributed by atoms with Crippen LogP contribution in [0.5, 0.6) is 5.75 Å². The summed E-state index contributed by atoms with van der Waals surface area (Å²) >= 11 is 0. The van der Waals surface area contributed by atoms with Gasteiger partial charge in [0.1, 0.15) is 5.75 Å². The maximum absolute atomic E-state index is 9.66. The van der Waals surface area contributed by atoms with Gasteiger partial charge in [-0.25, -0.2) is 0 Å². The van der Waals surface area contributed by atoms with E-state index in [2.05, 4.69) is 0 Å². The lowest BCUT2D eigenvalue weighted by Gasteiger charge is -2.13. The van der Waals surface area contributed by atoms with E-state index in [1.165, 1.54) is 0 Å². The molecule has 78 valence electrons. The number of anilines is 1. The Morgan fingerprint density at radius 2 is 2.21 bits per heavy atom. The largest absolute Gasteiger partial charge is 0.497 e. The van der Waals surface area contributed by atoms with Crippen LogP contribution in [-0.4, -0.2) is 18.8 Å². The van der Waals surface area contributed by atoms with Crippen LogP contribution in [0.15, 0.2) is 18.2 Å². The lowest BCUT2D eigenvalue weighted by Crippen LogP contribution is -2.08. The minimum atomic E-state index is -0.592. The molecule has 0 bridgehead atoms. The highest BCUT2D eigenvalue weighted by Crippen LogP contribution is 2.26. The Hall–Kier alpha value is -1.26. The molecule has 0 amide bonds. The zero-order chi connectivity index (χ0) is 10.6. The second-order valence-electron chi connectivity index (χ2n) is 3.09. The van der Waals surface area contributed by atoms with E-state index in [1.807, 2.05) is 0 Å². The molecule has 0 aliphatic heterocycles. The first-order valence-corrected chi connectivity index (χ1v) is 4.50. The van der Waals surface area contributed by atoms with Crippen LogP contribution in [0.3, 0.4) is 0 Å². The third-order valence-corrected chi connectivity index (χ3v) is 2.09. The number of nitrogens with two attached hydrogens (primary N) is 2. The highest BCUT2D eigenvalue weighted by atomic mass is 16.5. The van der Waals surface area contributed by atoms with Crippen molar-refractivity contribution in [3.8, 4) is 5.75 Å². The van der Waals surface area contributed by atoms with E-state index in [0.29, 0.717) is 30.0 Å². The van der Waals surface area contributed by atoms with Crippen molar-refractivity contribution in [1.82, 2.24) is 0 Å². The van der Waals surface area contributed by atoms with Crippen LogP contribution in [0.4, 0.5) is 5.69 Å². The molecule has 0 aliphatic rings. The van der Waals surface area contributed by atoms with Crippen LogP contribution in [0.25, 0.3) is 0 Å². The van der Waals surface area contributed by atoms with Gasteiger partial charge in [0.2, 0.25) is 0 Å². The Kier molecular flexibility index (Phi) is 3.73. The van der Waals surface area contributed by atoms with Gasteiger partial charge in [-0.3, -0.25) is 0 Å². The number of hydrogen-bond acceptors (Lipinski definition) is 4. The van der Waals surface area contributed by atoms with Crippen LogP contribution in [0.2, 0.25) is 0 Å². The molecule has 0 aliphatic carbocycles. The summed E-state index contributed by atoms with van der Waals surface area (Å²) in [7, 11) is 1.57. The minimum absolute atomic E-state index is 0.437. The summed E-state index contributed by atoms with van der Waals surface area (Å²) in [5.74, 6) is 0.686. The average Bonchev–Trinajstić information content (AvgIpc) is 2.17. The molecule has 4 heteroatoms. The summed E-state index contributed by atoms with van der Waals surface area (Å²) in [5.41, 5.74) is 12.3. The molecule has 0 fully saturated rings. The van der Waals surface area contributed by atoms with Gasteiger partial charge in [0.15, 0.2) is 0 Å². The third kappa shape index (κ3) is 2.37. The maximum Gasteiger partial charge on any atom is 0.120 e. The van der Waals surface area contributed by atoms with E-state index >= 15 is 0 Å². The number of aliphatic hydroxyl groups is 1. The Labute approximate surface area is 83.5 Å². The molecule has 1 atom stereocenters. The molecule has 0 aromatic heterocycles. The van der Waals surface area contributed by atoms with Crippen molar-refractivity contribution in [2.24, 2.45) is 5.73 Å². The van der Waals surface area contributed by atoms with Crippen LogP contribution >= 0.6 is 0 Å². The van der Waals surface area contributed by atoms with E-state index in [4.69, 9.17) is 16.2 Å². The first-order chi connectivity index (χ1) is 6.69. The molecule has 5 N–H and O–H groups in total. The van der Waals surface area contributed by atoms with Crippen molar-refractivity contribution >= 4 is 5.69 Å². The zero-order valence-electron chi connectivity index (χ0n) is 8.23. The molecule has 0 saturated carbocycles. The van der Waals surface area contributed by atoms with Gasteiger partial charge in [0.05, 0.1) is 13.2 Å². The van der Waals surface area contributed by atoms with Gasteiger partial charge in [0, 0.05) is 17.3 Å². The summed E-state index contributed by atoms with van der Waals surface area (Å²) in [6.45, 7) is 0.437. The number of methoxy groups -OCH3 is 1. The van der Waals surface area contributed by atoms with Gasteiger partial charge in [-0.1, -0.05) is 6.07 Å². The van der Waals surface area contributed by atoms with Crippen LogP contribution in [0, 0.1) is 0 Å². The van der Waals surface area contributed by atoms with Gasteiger partial charge >= 0.3 is 0 Å². The van der Waals surface area contributed by atoms with Gasteiger partial charge < -0.3 is 21.3 Å². The van der Waals surface area contributed by atoms with Crippen molar-refractivity contribution in [1.29, 1.82) is 0 Å². The second-order valence-corrected chi connectivity index (χ2v) is 3.09. The summed E-state index contributed by atoms with van der Waals surface area (Å²) < 4.78 is 5.00. The first kappa shape index (κ1) is 10.8. The molecule has 1 aromatic carbocycles. The molecule has 1 rings (SSSR count). The number of nitrogen functional groups attached to an aromatic ring is 1. The Bertz CT molecular complexity index is 302. The molecular weight excluding hydrogens is 180 g/mol. The highest BCUT2D eigenvalue weighted by Gasteiger charge is 2.10. The van der Waals surface area contributed by atoms with Crippen molar-refractivity contribution in [3.63, 3.8) is 0 Å². The van der Waals surface area contributed by atoms with Crippen molar-refractivity contribution in [2.45, 2.75) is 12.5 Å². The molecule has 0 heterocycles. The highest BCUT2D eigenvalue weighted by molar-refractivity contribution is 5.52. The van der Waals surface area contributed by atoms with Crippen LogP contribution < -0.4 is 16.2 Å². The molecule has 14 heavy (non-hydrogen) atoms. The summed E-state index contributed by atoms with van der Waals surface area (Å²) in [5, 5.41) is 9.66. The number of rotatable bonds is 4. The maximum atomic E-state index is 9.66. The lowest BCUT2D eigenvalue weighted by molar-refractivity contribution is 0.171. The molecule has 0 saturated heterocycles. The molecule has 4 nitrogen and oxygen atoms in total. The number of aliphatic hydroxyl groups excluding tert-OH is 1. The van der Waals surface area contributed by atoms with Crippen LogP contribution in [-0.2, 0) is 0 Å². The van der Waals surface area contributed by atoms with E-state index in [0.717, 1.165) is 0 Å². The third-order valence-electron chi connectivity index (χ3n) is 2.09. The van der Waals surface area contributed by atoms with Gasteiger partial charge in [-0.15, -0.1) is 0 Å². The molecule has 1 unspecified atom stereocenters. The van der Waals surface area contributed by atoms with Crippen LogP contribution in [0.1, 0.15) is 18.1 Å². The Morgan fingerprint density at radius 1 is 1.50 bits per heavy atom. The minimum Gasteiger partial charge on any atom is -0.497 e. The Balaban J connectivity index is 2.88. The molecular formula is C10H16N2O2. The SMILES string of the molecule is COc1ccc(C(O)CCN)c(N)c1. The predicted molar refractivity (Wildman–Crippen MR) is 56.0 cm³/mol. The normalized spacial score (nSPS) is 12.5. The van der Waals surface area contributed by atoms with Gasteiger partial charge in [0.25, 0.3) is 0 Å². The fourth-order valence-electron chi connectivity index (χ4n) is 1.30. The van der Waals surface area contributed by atoms with E-state index in [1.54, 1.807) is 25.3 Å².